The number of hydrogen-bond acceptors (Lipinski definition) is 3. The second-order valence-corrected chi connectivity index (χ2v) is 7.32. The van der Waals surface area contributed by atoms with Gasteiger partial charge in [0, 0.05) is 30.8 Å². The highest BCUT2D eigenvalue weighted by Gasteiger charge is 2.37. The summed E-state index contributed by atoms with van der Waals surface area (Å²) < 4.78 is 5.88. The first-order valence-corrected chi connectivity index (χ1v) is 9.38. The van der Waals surface area contributed by atoms with E-state index in [0.717, 1.165) is 45.0 Å². The van der Waals surface area contributed by atoms with E-state index >= 15 is 0 Å². The summed E-state index contributed by atoms with van der Waals surface area (Å²) >= 11 is 0. The minimum atomic E-state index is 0.277. The van der Waals surface area contributed by atoms with Gasteiger partial charge in [0.15, 0.2) is 0 Å². The van der Waals surface area contributed by atoms with Crippen LogP contribution in [0.4, 0.5) is 5.69 Å². The minimum absolute atomic E-state index is 0.277. The van der Waals surface area contributed by atoms with Crippen LogP contribution in [-0.2, 0) is 17.7 Å². The van der Waals surface area contributed by atoms with Crippen LogP contribution in [0.2, 0.25) is 0 Å². The van der Waals surface area contributed by atoms with Gasteiger partial charge < -0.3 is 10.5 Å². The van der Waals surface area contributed by atoms with E-state index < -0.39 is 0 Å². The number of likely N-dealkylation sites (tertiary alicyclic amines) is 1. The maximum atomic E-state index is 5.88. The van der Waals surface area contributed by atoms with Crippen molar-refractivity contribution >= 4 is 5.69 Å². The lowest BCUT2D eigenvalue weighted by atomic mass is 9.82. The number of hydrogen-bond donors (Lipinski definition) is 1. The molecular formula is C22H30N2O. The maximum Gasteiger partial charge on any atom is 0.0535 e. The van der Waals surface area contributed by atoms with Gasteiger partial charge in [0.1, 0.15) is 0 Å². The van der Waals surface area contributed by atoms with Crippen molar-refractivity contribution in [1.82, 2.24) is 4.90 Å². The number of nitrogens with zero attached hydrogens (tertiary/aromatic N) is 1. The Balaban J connectivity index is 1.61. The summed E-state index contributed by atoms with van der Waals surface area (Å²) in [5.41, 5.74) is 9.67. The Bertz CT molecular complexity index is 641. The second-order valence-electron chi connectivity index (χ2n) is 7.32. The molecule has 2 aromatic carbocycles. The predicted molar refractivity (Wildman–Crippen MR) is 104 cm³/mol. The quantitative estimate of drug-likeness (QED) is 0.736. The molecule has 0 bridgehead atoms. The summed E-state index contributed by atoms with van der Waals surface area (Å²) in [5, 5.41) is 0. The molecule has 2 aromatic rings. The molecule has 1 aliphatic rings. The Kier molecular flexibility index (Phi) is 6.11. The Morgan fingerprint density at radius 3 is 2.52 bits per heavy atom. The SMILES string of the molecule is CCOCC1(CCc2ccccc2)CCN(Cc2ccc(N)cc2)C1. The van der Waals surface area contributed by atoms with Gasteiger partial charge in [-0.05, 0) is 56.0 Å². The van der Waals surface area contributed by atoms with Crippen LogP contribution in [0, 0.1) is 5.41 Å². The van der Waals surface area contributed by atoms with Gasteiger partial charge in [-0.1, -0.05) is 42.5 Å². The van der Waals surface area contributed by atoms with E-state index in [4.69, 9.17) is 10.5 Å². The van der Waals surface area contributed by atoms with Gasteiger partial charge in [-0.3, -0.25) is 4.90 Å². The molecule has 0 amide bonds. The zero-order valence-electron chi connectivity index (χ0n) is 15.3. The van der Waals surface area contributed by atoms with Crippen molar-refractivity contribution in [3.05, 3.63) is 65.7 Å². The molecule has 1 heterocycles. The van der Waals surface area contributed by atoms with Crippen LogP contribution in [0.5, 0.6) is 0 Å². The van der Waals surface area contributed by atoms with Crippen molar-refractivity contribution in [1.29, 1.82) is 0 Å². The smallest absolute Gasteiger partial charge is 0.0535 e. The highest BCUT2D eigenvalue weighted by atomic mass is 16.5. The van der Waals surface area contributed by atoms with Crippen molar-refractivity contribution in [3.63, 3.8) is 0 Å². The lowest BCUT2D eigenvalue weighted by Gasteiger charge is -2.29. The Morgan fingerprint density at radius 1 is 1.04 bits per heavy atom. The van der Waals surface area contributed by atoms with E-state index in [9.17, 15) is 0 Å². The molecule has 1 atom stereocenters. The average molecular weight is 338 g/mol. The van der Waals surface area contributed by atoms with Crippen molar-refractivity contribution in [3.8, 4) is 0 Å². The van der Waals surface area contributed by atoms with Crippen LogP contribution >= 0.6 is 0 Å². The van der Waals surface area contributed by atoms with Crippen molar-refractivity contribution in [2.75, 3.05) is 32.0 Å². The van der Waals surface area contributed by atoms with Crippen molar-refractivity contribution < 1.29 is 4.74 Å². The molecule has 3 nitrogen and oxygen atoms in total. The Labute approximate surface area is 151 Å². The fourth-order valence-electron chi connectivity index (χ4n) is 3.81. The van der Waals surface area contributed by atoms with Gasteiger partial charge in [0.2, 0.25) is 0 Å². The number of ether oxygens (including phenoxy) is 1. The van der Waals surface area contributed by atoms with Gasteiger partial charge in [-0.2, -0.15) is 0 Å². The molecule has 1 unspecified atom stereocenters. The van der Waals surface area contributed by atoms with Crippen molar-refractivity contribution in [2.45, 2.75) is 32.7 Å². The highest BCUT2D eigenvalue weighted by Crippen LogP contribution is 2.36. The number of aryl methyl sites for hydroxylation is 1. The zero-order chi connectivity index (χ0) is 17.5. The first-order valence-electron chi connectivity index (χ1n) is 9.38. The summed E-state index contributed by atoms with van der Waals surface area (Å²) in [6.45, 7) is 7.02. The second kappa shape index (κ2) is 8.50. The van der Waals surface area contributed by atoms with E-state index in [-0.39, 0.29) is 5.41 Å². The van der Waals surface area contributed by atoms with Gasteiger partial charge in [-0.25, -0.2) is 0 Å². The third-order valence-corrected chi connectivity index (χ3v) is 5.30. The number of benzene rings is 2. The lowest BCUT2D eigenvalue weighted by molar-refractivity contribution is 0.0489. The van der Waals surface area contributed by atoms with Crippen LogP contribution < -0.4 is 5.73 Å². The molecule has 1 fully saturated rings. The number of nitrogens with two attached hydrogens (primary N) is 1. The predicted octanol–water partition coefficient (Wildman–Crippen LogP) is 4.13. The van der Waals surface area contributed by atoms with E-state index in [1.807, 2.05) is 12.1 Å². The lowest BCUT2D eigenvalue weighted by Crippen LogP contribution is -2.32. The van der Waals surface area contributed by atoms with Crippen LogP contribution in [-0.4, -0.2) is 31.2 Å². The molecule has 1 saturated heterocycles. The molecule has 134 valence electrons. The minimum Gasteiger partial charge on any atom is -0.399 e. The topological polar surface area (TPSA) is 38.5 Å². The van der Waals surface area contributed by atoms with Gasteiger partial charge in [-0.15, -0.1) is 0 Å². The highest BCUT2D eigenvalue weighted by molar-refractivity contribution is 5.39. The Hall–Kier alpha value is -1.84. The zero-order valence-corrected chi connectivity index (χ0v) is 15.3. The maximum absolute atomic E-state index is 5.88. The summed E-state index contributed by atoms with van der Waals surface area (Å²) in [6, 6.07) is 19.1. The van der Waals surface area contributed by atoms with Crippen LogP contribution in [0.3, 0.4) is 0 Å². The monoisotopic (exact) mass is 338 g/mol. The van der Waals surface area contributed by atoms with Crippen LogP contribution in [0.1, 0.15) is 30.9 Å². The number of anilines is 1. The third kappa shape index (κ3) is 5.07. The van der Waals surface area contributed by atoms with E-state index in [1.165, 1.54) is 24.0 Å². The average Bonchev–Trinajstić information content (AvgIpc) is 3.04. The Morgan fingerprint density at radius 2 is 1.80 bits per heavy atom. The molecule has 0 spiro atoms. The summed E-state index contributed by atoms with van der Waals surface area (Å²) in [6.07, 6.45) is 3.54. The van der Waals surface area contributed by atoms with Crippen LogP contribution in [0.15, 0.2) is 54.6 Å². The molecule has 25 heavy (non-hydrogen) atoms. The molecular weight excluding hydrogens is 308 g/mol. The number of nitrogen functional groups attached to an aromatic ring is 1. The first-order chi connectivity index (χ1) is 12.2. The summed E-state index contributed by atoms with van der Waals surface area (Å²) in [4.78, 5) is 2.57. The van der Waals surface area contributed by atoms with E-state index in [1.54, 1.807) is 0 Å². The molecule has 0 aromatic heterocycles. The summed E-state index contributed by atoms with van der Waals surface area (Å²) in [7, 11) is 0. The van der Waals surface area contributed by atoms with Crippen LogP contribution in [0.25, 0.3) is 0 Å². The van der Waals surface area contributed by atoms with Gasteiger partial charge >= 0.3 is 0 Å². The van der Waals surface area contributed by atoms with E-state index in [0.29, 0.717) is 0 Å². The number of rotatable bonds is 8. The summed E-state index contributed by atoms with van der Waals surface area (Å²) in [5.74, 6) is 0. The molecule has 0 aliphatic carbocycles. The molecule has 3 rings (SSSR count). The van der Waals surface area contributed by atoms with Crippen molar-refractivity contribution in [2.24, 2.45) is 5.41 Å². The van der Waals surface area contributed by atoms with Gasteiger partial charge in [0.25, 0.3) is 0 Å². The molecule has 0 radical (unpaired) electrons. The fourth-order valence-corrected chi connectivity index (χ4v) is 3.81. The molecule has 3 heteroatoms. The van der Waals surface area contributed by atoms with E-state index in [2.05, 4.69) is 54.3 Å². The van der Waals surface area contributed by atoms with Gasteiger partial charge in [0.05, 0.1) is 6.61 Å². The molecule has 2 N–H and O–H groups in total. The largest absolute Gasteiger partial charge is 0.399 e. The fraction of sp³-hybridized carbons (Fsp3) is 0.455. The first kappa shape index (κ1) is 18.0. The standard InChI is InChI=1S/C22H30N2O/c1-2-25-18-22(13-12-19-6-4-3-5-7-19)14-15-24(17-22)16-20-8-10-21(23)11-9-20/h3-11H,2,12-18,23H2,1H3. The normalized spacial score (nSPS) is 20.8. The molecule has 0 saturated carbocycles. The molecule has 1 aliphatic heterocycles. The third-order valence-electron chi connectivity index (χ3n) is 5.30.